The van der Waals surface area contributed by atoms with Crippen molar-refractivity contribution in [3.63, 3.8) is 0 Å². The predicted octanol–water partition coefficient (Wildman–Crippen LogP) is 4.32. The topological polar surface area (TPSA) is 20.2 Å². The van der Waals surface area contributed by atoms with E-state index in [0.717, 1.165) is 6.07 Å². The monoisotopic (exact) mass is 282 g/mol. The van der Waals surface area contributed by atoms with E-state index in [0.29, 0.717) is 16.7 Å². The van der Waals surface area contributed by atoms with Gasteiger partial charge in [-0.3, -0.25) is 0 Å². The van der Waals surface area contributed by atoms with E-state index in [-0.39, 0.29) is 16.4 Å². The summed E-state index contributed by atoms with van der Waals surface area (Å²) in [7, 11) is 0. The van der Waals surface area contributed by atoms with Gasteiger partial charge in [0.15, 0.2) is 0 Å². The van der Waals surface area contributed by atoms with E-state index in [2.05, 4.69) is 0 Å². The molecule has 0 saturated heterocycles. The summed E-state index contributed by atoms with van der Waals surface area (Å²) in [6, 6.07) is 7.11. The minimum Gasteiger partial charge on any atom is -0.384 e. The molecule has 2 aromatic carbocycles. The summed E-state index contributed by atoms with van der Waals surface area (Å²) in [5.74, 6) is -0.896. The Morgan fingerprint density at radius 2 is 1.63 bits per heavy atom. The van der Waals surface area contributed by atoms with Gasteiger partial charge in [-0.15, -0.1) is 0 Å². The van der Waals surface area contributed by atoms with E-state index in [1.807, 2.05) is 0 Å². The zero-order valence-corrected chi connectivity index (χ0v) is 11.3. The molecular formula is C15H13ClF2O. The van der Waals surface area contributed by atoms with E-state index in [1.54, 1.807) is 13.8 Å². The molecule has 0 amide bonds. The number of hydrogen-bond acceptors (Lipinski definition) is 1. The van der Waals surface area contributed by atoms with Gasteiger partial charge in [0.2, 0.25) is 0 Å². The number of halogens is 3. The van der Waals surface area contributed by atoms with Crippen LogP contribution in [0.4, 0.5) is 8.78 Å². The summed E-state index contributed by atoms with van der Waals surface area (Å²) in [6.45, 7) is 3.22. The van der Waals surface area contributed by atoms with Gasteiger partial charge in [0.05, 0.1) is 0 Å². The summed E-state index contributed by atoms with van der Waals surface area (Å²) in [5, 5.41) is 10.5. The first-order valence-electron chi connectivity index (χ1n) is 5.80. The minimum atomic E-state index is -1.14. The molecule has 0 spiro atoms. The number of aliphatic hydroxyl groups is 1. The van der Waals surface area contributed by atoms with Crippen LogP contribution in [0.5, 0.6) is 0 Å². The highest BCUT2D eigenvalue weighted by Gasteiger charge is 2.17. The van der Waals surface area contributed by atoms with Gasteiger partial charge >= 0.3 is 0 Å². The van der Waals surface area contributed by atoms with Crippen LogP contribution in [-0.4, -0.2) is 5.11 Å². The maximum atomic E-state index is 13.7. The molecule has 0 aliphatic heterocycles. The number of hydrogen-bond donors (Lipinski definition) is 1. The van der Waals surface area contributed by atoms with E-state index in [9.17, 15) is 13.9 Å². The van der Waals surface area contributed by atoms with Crippen molar-refractivity contribution >= 4 is 11.6 Å². The molecule has 19 heavy (non-hydrogen) atoms. The maximum Gasteiger partial charge on any atom is 0.130 e. The molecule has 100 valence electrons. The predicted molar refractivity (Wildman–Crippen MR) is 71.3 cm³/mol. The Morgan fingerprint density at radius 1 is 1.05 bits per heavy atom. The molecule has 2 rings (SSSR count). The Bertz CT molecular complexity index is 603. The minimum absolute atomic E-state index is 0.120. The summed E-state index contributed by atoms with van der Waals surface area (Å²) in [5.41, 5.74) is 1.42. The summed E-state index contributed by atoms with van der Waals surface area (Å²) in [6.07, 6.45) is -1.14. The van der Waals surface area contributed by atoms with Crippen molar-refractivity contribution in [1.29, 1.82) is 0 Å². The van der Waals surface area contributed by atoms with Crippen molar-refractivity contribution in [2.45, 2.75) is 20.0 Å². The molecule has 0 radical (unpaired) electrons. The second kappa shape index (κ2) is 5.27. The molecule has 1 atom stereocenters. The van der Waals surface area contributed by atoms with Gasteiger partial charge in [0.1, 0.15) is 17.7 Å². The summed E-state index contributed by atoms with van der Waals surface area (Å²) >= 11 is 5.67. The van der Waals surface area contributed by atoms with Crippen molar-refractivity contribution in [2.75, 3.05) is 0 Å². The highest BCUT2D eigenvalue weighted by atomic mass is 35.5. The van der Waals surface area contributed by atoms with Crippen molar-refractivity contribution < 1.29 is 13.9 Å². The van der Waals surface area contributed by atoms with Crippen LogP contribution in [0.15, 0.2) is 30.3 Å². The van der Waals surface area contributed by atoms with Gasteiger partial charge in [-0.25, -0.2) is 8.78 Å². The maximum absolute atomic E-state index is 13.7. The fraction of sp³-hybridized carbons (Fsp3) is 0.200. The third-order valence-corrected chi connectivity index (χ3v) is 3.27. The molecule has 0 fully saturated rings. The van der Waals surface area contributed by atoms with Gasteiger partial charge < -0.3 is 5.11 Å². The molecule has 0 saturated carbocycles. The van der Waals surface area contributed by atoms with Crippen molar-refractivity contribution in [3.05, 3.63) is 69.2 Å². The number of aliphatic hydroxyl groups excluding tert-OH is 1. The first-order chi connectivity index (χ1) is 8.90. The Kier molecular flexibility index (Phi) is 3.88. The summed E-state index contributed by atoms with van der Waals surface area (Å²) < 4.78 is 27.3. The normalized spacial score (nSPS) is 12.5. The summed E-state index contributed by atoms with van der Waals surface area (Å²) in [4.78, 5) is 0. The lowest BCUT2D eigenvalue weighted by Gasteiger charge is -2.15. The quantitative estimate of drug-likeness (QED) is 0.870. The molecule has 1 N–H and O–H groups in total. The number of aryl methyl sites for hydroxylation is 2. The fourth-order valence-corrected chi connectivity index (χ4v) is 2.20. The second-order valence-electron chi connectivity index (χ2n) is 4.54. The average Bonchev–Trinajstić information content (AvgIpc) is 2.34. The lowest BCUT2D eigenvalue weighted by atomic mass is 9.97. The van der Waals surface area contributed by atoms with E-state index in [1.165, 1.54) is 24.3 Å². The standard InChI is InChI=1S/C15H13ClF2O/c1-8-5-10(6-9(2)14(8)18)15(19)12-4-3-11(16)7-13(12)17/h3-7,15,19H,1-2H3. The van der Waals surface area contributed by atoms with Crippen molar-refractivity contribution in [2.24, 2.45) is 0 Å². The largest absolute Gasteiger partial charge is 0.384 e. The van der Waals surface area contributed by atoms with Crippen molar-refractivity contribution in [3.8, 4) is 0 Å². The number of benzene rings is 2. The van der Waals surface area contributed by atoms with Crippen LogP contribution in [0, 0.1) is 25.5 Å². The fourth-order valence-electron chi connectivity index (χ4n) is 2.04. The third-order valence-electron chi connectivity index (χ3n) is 3.03. The highest BCUT2D eigenvalue weighted by Crippen LogP contribution is 2.28. The van der Waals surface area contributed by atoms with Crippen LogP contribution in [-0.2, 0) is 0 Å². The highest BCUT2D eigenvalue weighted by molar-refractivity contribution is 6.30. The molecular weight excluding hydrogens is 270 g/mol. The molecule has 4 heteroatoms. The Labute approximate surface area is 115 Å². The first-order valence-corrected chi connectivity index (χ1v) is 6.17. The second-order valence-corrected chi connectivity index (χ2v) is 4.97. The van der Waals surface area contributed by atoms with E-state index in [4.69, 9.17) is 11.6 Å². The SMILES string of the molecule is Cc1cc(C(O)c2ccc(Cl)cc2F)cc(C)c1F. The molecule has 0 bridgehead atoms. The lowest BCUT2D eigenvalue weighted by molar-refractivity contribution is 0.214. The third kappa shape index (κ3) is 2.77. The molecule has 0 aromatic heterocycles. The van der Waals surface area contributed by atoms with Crippen LogP contribution in [0.3, 0.4) is 0 Å². The Morgan fingerprint density at radius 3 is 2.16 bits per heavy atom. The van der Waals surface area contributed by atoms with Gasteiger partial charge in [0, 0.05) is 10.6 Å². The first kappa shape index (κ1) is 14.0. The van der Waals surface area contributed by atoms with Crippen molar-refractivity contribution in [1.82, 2.24) is 0 Å². The van der Waals surface area contributed by atoms with Gasteiger partial charge in [-0.2, -0.15) is 0 Å². The smallest absolute Gasteiger partial charge is 0.130 e. The van der Waals surface area contributed by atoms with Gasteiger partial charge in [0.25, 0.3) is 0 Å². The van der Waals surface area contributed by atoms with Crippen LogP contribution < -0.4 is 0 Å². The number of rotatable bonds is 2. The zero-order valence-electron chi connectivity index (χ0n) is 10.5. The van der Waals surface area contributed by atoms with E-state index < -0.39 is 11.9 Å². The van der Waals surface area contributed by atoms with Crippen LogP contribution in [0.25, 0.3) is 0 Å². The molecule has 0 aliphatic carbocycles. The Balaban J connectivity index is 2.47. The lowest BCUT2D eigenvalue weighted by Crippen LogP contribution is -2.04. The molecule has 0 aliphatic rings. The molecule has 1 unspecified atom stereocenters. The van der Waals surface area contributed by atoms with Gasteiger partial charge in [-0.05, 0) is 42.7 Å². The zero-order chi connectivity index (χ0) is 14.2. The van der Waals surface area contributed by atoms with Crippen LogP contribution >= 0.6 is 11.6 Å². The Hall–Kier alpha value is -1.45. The van der Waals surface area contributed by atoms with Crippen LogP contribution in [0.2, 0.25) is 5.02 Å². The average molecular weight is 283 g/mol. The molecule has 0 heterocycles. The van der Waals surface area contributed by atoms with Gasteiger partial charge in [-0.1, -0.05) is 29.8 Å². The molecule has 1 nitrogen and oxygen atoms in total. The van der Waals surface area contributed by atoms with Crippen LogP contribution in [0.1, 0.15) is 28.4 Å². The van der Waals surface area contributed by atoms with E-state index >= 15 is 0 Å². The molecule has 2 aromatic rings.